The summed E-state index contributed by atoms with van der Waals surface area (Å²) in [4.78, 5) is 23.6. The summed E-state index contributed by atoms with van der Waals surface area (Å²) in [5.41, 5.74) is 1.74. The van der Waals surface area contributed by atoms with E-state index in [1.54, 1.807) is 6.07 Å². The number of aryl methyl sites for hydroxylation is 1. The van der Waals surface area contributed by atoms with Crippen molar-refractivity contribution in [3.63, 3.8) is 0 Å². The second-order valence-electron chi connectivity index (χ2n) is 4.60. The van der Waals surface area contributed by atoms with Crippen molar-refractivity contribution in [2.75, 3.05) is 12.4 Å². The van der Waals surface area contributed by atoms with Crippen LogP contribution in [0.4, 0.5) is 5.69 Å². The molecule has 98 valence electrons. The molecule has 18 heavy (non-hydrogen) atoms. The largest absolute Gasteiger partial charge is 0.468 e. The smallest absolute Gasteiger partial charge is 0.318 e. The van der Waals surface area contributed by atoms with Crippen molar-refractivity contribution in [3.05, 3.63) is 29.8 Å². The van der Waals surface area contributed by atoms with Gasteiger partial charge in [-0.2, -0.15) is 0 Å². The molecule has 1 atom stereocenters. The third-order valence-electron chi connectivity index (χ3n) is 2.69. The number of amides is 1. The van der Waals surface area contributed by atoms with Gasteiger partial charge in [-0.05, 0) is 30.5 Å². The first-order valence-electron chi connectivity index (χ1n) is 5.91. The zero-order valence-electron chi connectivity index (χ0n) is 11.2. The first kappa shape index (κ1) is 14.2. The lowest BCUT2D eigenvalue weighted by Crippen LogP contribution is -2.34. The minimum Gasteiger partial charge on any atom is -0.468 e. The number of hydrogen-bond acceptors (Lipinski definition) is 3. The molecule has 0 fully saturated rings. The van der Waals surface area contributed by atoms with E-state index < -0.39 is 11.9 Å². The Hall–Kier alpha value is -1.84. The monoisotopic (exact) mass is 249 g/mol. The van der Waals surface area contributed by atoms with Crippen LogP contribution < -0.4 is 5.32 Å². The van der Waals surface area contributed by atoms with Gasteiger partial charge in [0.05, 0.1) is 7.11 Å². The minimum absolute atomic E-state index is 0.109. The van der Waals surface area contributed by atoms with Gasteiger partial charge < -0.3 is 10.1 Å². The highest BCUT2D eigenvalue weighted by Gasteiger charge is 2.30. The quantitative estimate of drug-likeness (QED) is 0.658. The Labute approximate surface area is 107 Å². The molecule has 0 bridgehead atoms. The molecule has 0 spiro atoms. The van der Waals surface area contributed by atoms with Gasteiger partial charge in [-0.1, -0.05) is 26.0 Å². The van der Waals surface area contributed by atoms with Crippen molar-refractivity contribution in [3.8, 4) is 0 Å². The maximum Gasteiger partial charge on any atom is 0.318 e. The summed E-state index contributed by atoms with van der Waals surface area (Å²) < 4.78 is 4.66. The van der Waals surface area contributed by atoms with Crippen LogP contribution in [0.3, 0.4) is 0 Å². The van der Waals surface area contributed by atoms with Crippen molar-refractivity contribution in [1.29, 1.82) is 0 Å². The van der Waals surface area contributed by atoms with E-state index in [1.165, 1.54) is 7.11 Å². The highest BCUT2D eigenvalue weighted by Crippen LogP contribution is 2.17. The predicted molar refractivity (Wildman–Crippen MR) is 70.2 cm³/mol. The summed E-state index contributed by atoms with van der Waals surface area (Å²) in [5.74, 6) is -1.73. The Morgan fingerprint density at radius 3 is 2.44 bits per heavy atom. The number of carbonyl (C=O) groups is 2. The van der Waals surface area contributed by atoms with E-state index in [2.05, 4.69) is 10.1 Å². The maximum absolute atomic E-state index is 12.1. The van der Waals surface area contributed by atoms with Crippen LogP contribution in [0.5, 0.6) is 0 Å². The lowest BCUT2D eigenvalue weighted by atomic mass is 9.95. The highest BCUT2D eigenvalue weighted by atomic mass is 16.5. The average molecular weight is 249 g/mol. The van der Waals surface area contributed by atoms with E-state index in [9.17, 15) is 9.59 Å². The number of ether oxygens (including phenoxy) is 1. The van der Waals surface area contributed by atoms with Crippen LogP contribution in [0.15, 0.2) is 24.3 Å². The number of benzene rings is 1. The van der Waals surface area contributed by atoms with E-state index >= 15 is 0 Å². The summed E-state index contributed by atoms with van der Waals surface area (Å²) in [6.45, 7) is 5.57. The van der Waals surface area contributed by atoms with Gasteiger partial charge in [-0.25, -0.2) is 0 Å². The standard InChI is InChI=1S/C14H19NO3/c1-9(2)12(14(17)18-4)13(16)15-11-7-5-6-10(3)8-11/h5-9,12H,1-4H3,(H,15,16). The van der Waals surface area contributed by atoms with Crippen LogP contribution in [-0.2, 0) is 14.3 Å². The summed E-state index contributed by atoms with van der Waals surface area (Å²) in [6.07, 6.45) is 0. The van der Waals surface area contributed by atoms with Crippen molar-refractivity contribution >= 4 is 17.6 Å². The number of esters is 1. The first-order valence-corrected chi connectivity index (χ1v) is 5.91. The second kappa shape index (κ2) is 6.19. The van der Waals surface area contributed by atoms with E-state index in [0.717, 1.165) is 5.56 Å². The second-order valence-corrected chi connectivity index (χ2v) is 4.60. The van der Waals surface area contributed by atoms with Crippen molar-refractivity contribution < 1.29 is 14.3 Å². The number of nitrogens with one attached hydrogen (secondary N) is 1. The fraction of sp³-hybridized carbons (Fsp3) is 0.429. The molecule has 1 rings (SSSR count). The minimum atomic E-state index is -0.782. The van der Waals surface area contributed by atoms with Gasteiger partial charge in [0.1, 0.15) is 5.92 Å². The molecule has 4 heteroatoms. The Balaban J connectivity index is 2.82. The van der Waals surface area contributed by atoms with Crippen LogP contribution in [0.25, 0.3) is 0 Å². The van der Waals surface area contributed by atoms with Gasteiger partial charge in [0, 0.05) is 5.69 Å². The van der Waals surface area contributed by atoms with Gasteiger partial charge >= 0.3 is 5.97 Å². The zero-order chi connectivity index (χ0) is 13.7. The van der Waals surface area contributed by atoms with Crippen molar-refractivity contribution in [2.45, 2.75) is 20.8 Å². The summed E-state index contributed by atoms with van der Waals surface area (Å²) in [6, 6.07) is 7.44. The molecule has 1 amide bonds. The van der Waals surface area contributed by atoms with Crippen molar-refractivity contribution in [2.24, 2.45) is 11.8 Å². The first-order chi connectivity index (χ1) is 8.45. The average Bonchev–Trinajstić information content (AvgIpc) is 2.28. The summed E-state index contributed by atoms with van der Waals surface area (Å²) in [7, 11) is 1.29. The van der Waals surface area contributed by atoms with Crippen LogP contribution >= 0.6 is 0 Å². The molecule has 0 aliphatic carbocycles. The highest BCUT2D eigenvalue weighted by molar-refractivity contribution is 6.04. The number of anilines is 1. The topological polar surface area (TPSA) is 55.4 Å². The molecule has 1 N–H and O–H groups in total. The third-order valence-corrected chi connectivity index (χ3v) is 2.69. The third kappa shape index (κ3) is 3.58. The molecular weight excluding hydrogens is 230 g/mol. The Morgan fingerprint density at radius 2 is 1.94 bits per heavy atom. The van der Waals surface area contributed by atoms with Gasteiger partial charge in [-0.15, -0.1) is 0 Å². The zero-order valence-corrected chi connectivity index (χ0v) is 11.2. The molecule has 0 heterocycles. The molecule has 0 saturated carbocycles. The SMILES string of the molecule is COC(=O)C(C(=O)Nc1cccc(C)c1)C(C)C. The number of methoxy groups -OCH3 is 1. The fourth-order valence-electron chi connectivity index (χ4n) is 1.75. The van der Waals surface area contributed by atoms with E-state index in [1.807, 2.05) is 39.0 Å². The van der Waals surface area contributed by atoms with Gasteiger partial charge in [-0.3, -0.25) is 9.59 Å². The molecule has 0 aliphatic rings. The molecule has 0 aromatic heterocycles. The molecule has 4 nitrogen and oxygen atoms in total. The molecule has 0 radical (unpaired) electrons. The molecular formula is C14H19NO3. The van der Waals surface area contributed by atoms with Crippen LogP contribution in [0.1, 0.15) is 19.4 Å². The number of carbonyl (C=O) groups excluding carboxylic acids is 2. The lowest BCUT2D eigenvalue weighted by molar-refractivity contribution is -0.150. The van der Waals surface area contributed by atoms with Crippen LogP contribution in [0, 0.1) is 18.8 Å². The lowest BCUT2D eigenvalue weighted by Gasteiger charge is -2.17. The van der Waals surface area contributed by atoms with Gasteiger partial charge in [0.15, 0.2) is 0 Å². The molecule has 0 saturated heterocycles. The predicted octanol–water partition coefficient (Wildman–Crippen LogP) is 2.38. The van der Waals surface area contributed by atoms with Crippen LogP contribution in [0.2, 0.25) is 0 Å². The summed E-state index contributed by atoms with van der Waals surface area (Å²) in [5, 5.41) is 2.74. The normalized spacial score (nSPS) is 12.1. The molecule has 1 aromatic carbocycles. The Bertz CT molecular complexity index is 440. The fourth-order valence-corrected chi connectivity index (χ4v) is 1.75. The Kier molecular flexibility index (Phi) is 4.89. The van der Waals surface area contributed by atoms with E-state index in [0.29, 0.717) is 5.69 Å². The van der Waals surface area contributed by atoms with Crippen molar-refractivity contribution in [1.82, 2.24) is 0 Å². The molecule has 1 aromatic rings. The van der Waals surface area contributed by atoms with Crippen LogP contribution in [-0.4, -0.2) is 19.0 Å². The number of hydrogen-bond donors (Lipinski definition) is 1. The van der Waals surface area contributed by atoms with Gasteiger partial charge in [0.25, 0.3) is 0 Å². The van der Waals surface area contributed by atoms with E-state index in [-0.39, 0.29) is 11.8 Å². The maximum atomic E-state index is 12.1. The summed E-state index contributed by atoms with van der Waals surface area (Å²) >= 11 is 0. The number of rotatable bonds is 4. The van der Waals surface area contributed by atoms with Gasteiger partial charge in [0.2, 0.25) is 5.91 Å². The molecule has 1 unspecified atom stereocenters. The Morgan fingerprint density at radius 1 is 1.28 bits per heavy atom. The van der Waals surface area contributed by atoms with E-state index in [4.69, 9.17) is 0 Å². The molecule has 0 aliphatic heterocycles.